The number of carbonyl (C=O) groups is 3. The van der Waals surface area contributed by atoms with E-state index in [0.29, 0.717) is 0 Å². The average molecular weight is 420 g/mol. The summed E-state index contributed by atoms with van der Waals surface area (Å²) < 4.78 is 39.0. The van der Waals surface area contributed by atoms with Crippen LogP contribution in [0.5, 0.6) is 5.75 Å². The molecule has 2 aromatic carbocycles. The van der Waals surface area contributed by atoms with Crippen LogP contribution in [-0.2, 0) is 24.1 Å². The number of ether oxygens (including phenoxy) is 3. The Bertz CT molecular complexity index is 989. The van der Waals surface area contributed by atoms with Gasteiger partial charge in [-0.05, 0) is 37.3 Å². The van der Waals surface area contributed by atoms with Crippen LogP contribution in [0, 0.1) is 6.92 Å². The van der Waals surface area contributed by atoms with Crippen molar-refractivity contribution in [2.45, 2.75) is 18.2 Å². The van der Waals surface area contributed by atoms with Crippen molar-refractivity contribution in [1.29, 1.82) is 0 Å². The van der Waals surface area contributed by atoms with E-state index in [1.54, 1.807) is 12.1 Å². The minimum atomic E-state index is -3.66. The van der Waals surface area contributed by atoms with E-state index in [1.165, 1.54) is 30.3 Å². The van der Waals surface area contributed by atoms with Gasteiger partial charge in [0, 0.05) is 0 Å². The predicted octanol–water partition coefficient (Wildman–Crippen LogP) is 2.34. The molecule has 0 heterocycles. The summed E-state index contributed by atoms with van der Waals surface area (Å²) in [5.74, 6) is -2.87. The molecule has 0 spiro atoms. The molecule has 2 rings (SSSR count). The van der Waals surface area contributed by atoms with Gasteiger partial charge >= 0.3 is 17.9 Å². The molecule has 0 N–H and O–H groups in total. The molecule has 0 aliphatic carbocycles. The van der Waals surface area contributed by atoms with Crippen molar-refractivity contribution in [3.05, 3.63) is 59.2 Å². The van der Waals surface area contributed by atoms with Crippen molar-refractivity contribution in [3.63, 3.8) is 0 Å². The highest BCUT2D eigenvalue weighted by Crippen LogP contribution is 2.20. The molecule has 0 atom stereocenters. The first-order valence-corrected chi connectivity index (χ1v) is 10.1. The molecule has 2 aromatic rings. The molecule has 29 heavy (non-hydrogen) atoms. The molecule has 0 unspecified atom stereocenters. The number of hydrogen-bond donors (Lipinski definition) is 0. The normalized spacial score (nSPS) is 10.9. The molecule has 0 aliphatic heterocycles. The van der Waals surface area contributed by atoms with Crippen molar-refractivity contribution in [2.24, 2.45) is 0 Å². The molecular formula is C20H20O8S. The second-order valence-electron chi connectivity index (χ2n) is 6.09. The summed E-state index contributed by atoms with van der Waals surface area (Å²) in [4.78, 5) is 35.8. The Hall–Kier alpha value is -3.20. The minimum Gasteiger partial charge on any atom is -0.465 e. The number of aryl methyl sites for hydroxylation is 1. The van der Waals surface area contributed by atoms with Gasteiger partial charge in [0.15, 0.2) is 9.84 Å². The maximum Gasteiger partial charge on any atom is 0.338 e. The van der Waals surface area contributed by atoms with Crippen LogP contribution in [0.15, 0.2) is 47.4 Å². The maximum absolute atomic E-state index is 12.3. The first-order chi connectivity index (χ1) is 13.7. The summed E-state index contributed by atoms with van der Waals surface area (Å²) in [7, 11) is -1.34. The van der Waals surface area contributed by atoms with E-state index in [1.807, 2.05) is 6.92 Å². The van der Waals surface area contributed by atoms with Crippen LogP contribution in [0.2, 0.25) is 0 Å². The zero-order valence-corrected chi connectivity index (χ0v) is 16.9. The zero-order valence-electron chi connectivity index (χ0n) is 16.1. The van der Waals surface area contributed by atoms with Crippen LogP contribution in [0.3, 0.4) is 0 Å². The first-order valence-electron chi connectivity index (χ1n) is 8.48. The number of rotatable bonds is 7. The van der Waals surface area contributed by atoms with Gasteiger partial charge in [0.2, 0.25) is 0 Å². The van der Waals surface area contributed by atoms with Crippen LogP contribution in [-0.4, -0.2) is 46.3 Å². The van der Waals surface area contributed by atoms with Gasteiger partial charge < -0.3 is 14.2 Å². The molecule has 0 saturated heterocycles. The van der Waals surface area contributed by atoms with Crippen LogP contribution >= 0.6 is 0 Å². The lowest BCUT2D eigenvalue weighted by Gasteiger charge is -2.09. The molecule has 0 radical (unpaired) electrons. The van der Waals surface area contributed by atoms with E-state index in [0.717, 1.165) is 19.8 Å². The fourth-order valence-corrected chi connectivity index (χ4v) is 3.61. The fourth-order valence-electron chi connectivity index (χ4n) is 2.39. The summed E-state index contributed by atoms with van der Waals surface area (Å²) in [5.41, 5.74) is 0.867. The molecule has 0 amide bonds. The van der Waals surface area contributed by atoms with Gasteiger partial charge in [0.1, 0.15) is 5.75 Å². The lowest BCUT2D eigenvalue weighted by Crippen LogP contribution is -2.16. The standard InChI is InChI=1S/C20H20O8S/c1-13-4-6-17(7-5-13)29(24,25)9-8-18(21)28-16-11-14(19(22)26-2)10-15(12-16)20(23)27-3/h4-7,10-12H,8-9H2,1-3H3. The zero-order chi connectivity index (χ0) is 21.6. The smallest absolute Gasteiger partial charge is 0.338 e. The average Bonchev–Trinajstić information content (AvgIpc) is 2.71. The largest absolute Gasteiger partial charge is 0.465 e. The molecular weight excluding hydrogens is 400 g/mol. The predicted molar refractivity (Wildman–Crippen MR) is 103 cm³/mol. The van der Waals surface area contributed by atoms with Crippen molar-refractivity contribution in [1.82, 2.24) is 0 Å². The number of benzene rings is 2. The monoisotopic (exact) mass is 420 g/mol. The molecule has 0 aromatic heterocycles. The maximum atomic E-state index is 12.3. The number of sulfone groups is 1. The summed E-state index contributed by atoms with van der Waals surface area (Å²) in [6.07, 6.45) is -0.410. The molecule has 0 saturated carbocycles. The third kappa shape index (κ3) is 5.89. The van der Waals surface area contributed by atoms with Crippen LogP contribution in [0.1, 0.15) is 32.7 Å². The lowest BCUT2D eigenvalue weighted by atomic mass is 10.1. The lowest BCUT2D eigenvalue weighted by molar-refractivity contribution is -0.133. The minimum absolute atomic E-state index is 0.0227. The molecule has 0 bridgehead atoms. The molecule has 0 fully saturated rings. The van der Waals surface area contributed by atoms with Gasteiger partial charge in [-0.2, -0.15) is 0 Å². The van der Waals surface area contributed by atoms with Gasteiger partial charge in [0.05, 0.1) is 42.4 Å². The van der Waals surface area contributed by atoms with Gasteiger partial charge in [-0.1, -0.05) is 17.7 Å². The SMILES string of the molecule is COC(=O)c1cc(OC(=O)CCS(=O)(=O)c2ccc(C)cc2)cc(C(=O)OC)c1. The Labute approximate surface area is 168 Å². The van der Waals surface area contributed by atoms with Gasteiger partial charge in [0.25, 0.3) is 0 Å². The summed E-state index contributed by atoms with van der Waals surface area (Å²) in [6, 6.07) is 9.93. The highest BCUT2D eigenvalue weighted by molar-refractivity contribution is 7.91. The Morgan fingerprint density at radius 1 is 0.862 bits per heavy atom. The fraction of sp³-hybridized carbons (Fsp3) is 0.250. The highest BCUT2D eigenvalue weighted by Gasteiger charge is 2.19. The Kier molecular flexibility index (Phi) is 7.11. The van der Waals surface area contributed by atoms with E-state index in [4.69, 9.17) is 4.74 Å². The quantitative estimate of drug-likeness (QED) is 0.495. The Morgan fingerprint density at radius 2 is 1.38 bits per heavy atom. The Morgan fingerprint density at radius 3 is 1.86 bits per heavy atom. The van der Waals surface area contributed by atoms with E-state index in [-0.39, 0.29) is 21.8 Å². The highest BCUT2D eigenvalue weighted by atomic mass is 32.2. The van der Waals surface area contributed by atoms with Gasteiger partial charge in [-0.25, -0.2) is 18.0 Å². The third-order valence-corrected chi connectivity index (χ3v) is 5.67. The van der Waals surface area contributed by atoms with Crippen LogP contribution in [0.25, 0.3) is 0 Å². The number of hydrogen-bond acceptors (Lipinski definition) is 8. The molecule has 154 valence electrons. The second kappa shape index (κ2) is 9.33. The van der Waals surface area contributed by atoms with E-state index in [2.05, 4.69) is 9.47 Å². The van der Waals surface area contributed by atoms with E-state index >= 15 is 0 Å². The topological polar surface area (TPSA) is 113 Å². The van der Waals surface area contributed by atoms with Crippen LogP contribution < -0.4 is 4.74 Å². The van der Waals surface area contributed by atoms with E-state index in [9.17, 15) is 22.8 Å². The van der Waals surface area contributed by atoms with Crippen molar-refractivity contribution >= 4 is 27.7 Å². The Balaban J connectivity index is 2.14. The summed E-state index contributed by atoms with van der Waals surface area (Å²) in [6.45, 7) is 1.83. The van der Waals surface area contributed by atoms with Gasteiger partial charge in [-0.15, -0.1) is 0 Å². The van der Waals surface area contributed by atoms with Crippen molar-refractivity contribution in [3.8, 4) is 5.75 Å². The number of methoxy groups -OCH3 is 2. The molecule has 0 aliphatic rings. The summed E-state index contributed by atoms with van der Waals surface area (Å²) in [5, 5.41) is 0. The van der Waals surface area contributed by atoms with Crippen LogP contribution in [0.4, 0.5) is 0 Å². The molecule has 8 nitrogen and oxygen atoms in total. The first kappa shape index (κ1) is 22.1. The second-order valence-corrected chi connectivity index (χ2v) is 8.19. The third-order valence-electron chi connectivity index (χ3n) is 3.94. The van der Waals surface area contributed by atoms with E-state index < -0.39 is 39.9 Å². The van der Waals surface area contributed by atoms with Gasteiger partial charge in [-0.3, -0.25) is 4.79 Å². The van der Waals surface area contributed by atoms with Crippen molar-refractivity contribution in [2.75, 3.05) is 20.0 Å². The molecule has 9 heteroatoms. The number of esters is 3. The van der Waals surface area contributed by atoms with Crippen molar-refractivity contribution < 1.29 is 37.0 Å². The number of carbonyl (C=O) groups excluding carboxylic acids is 3. The summed E-state index contributed by atoms with van der Waals surface area (Å²) >= 11 is 0.